The minimum absolute atomic E-state index is 0.314. The molecule has 0 aromatic rings. The molecule has 1 aliphatic heterocycles. The molecule has 2 aliphatic rings. The van der Waals surface area contributed by atoms with Gasteiger partial charge in [0.25, 0.3) is 0 Å². The van der Waals surface area contributed by atoms with E-state index in [-0.39, 0.29) is 0 Å². The summed E-state index contributed by atoms with van der Waals surface area (Å²) < 4.78 is 0. The lowest BCUT2D eigenvalue weighted by molar-refractivity contribution is -0.129. The van der Waals surface area contributed by atoms with E-state index in [1.165, 1.54) is 25.7 Å². The second-order valence-electron chi connectivity index (χ2n) is 4.58. The van der Waals surface area contributed by atoms with Gasteiger partial charge in [-0.2, -0.15) is 12.6 Å². The summed E-state index contributed by atoms with van der Waals surface area (Å²) in [5.41, 5.74) is 0. The summed E-state index contributed by atoms with van der Waals surface area (Å²) in [6.07, 6.45) is 6.04. The standard InChI is InChI=1S/C11H19NOS/c13-11(5-6-14)12-7-9-3-1-2-4-10(9)8-12/h9-10,14H,1-8H2/t9-,10+. The zero-order chi connectivity index (χ0) is 9.97. The summed E-state index contributed by atoms with van der Waals surface area (Å²) in [5.74, 6) is 2.62. The van der Waals surface area contributed by atoms with Crippen LogP contribution in [0.5, 0.6) is 0 Å². The van der Waals surface area contributed by atoms with Crippen LogP contribution >= 0.6 is 12.6 Å². The first-order valence-corrected chi connectivity index (χ1v) is 6.33. The molecule has 1 heterocycles. The van der Waals surface area contributed by atoms with Crippen molar-refractivity contribution in [1.29, 1.82) is 0 Å². The molecule has 2 atom stereocenters. The van der Waals surface area contributed by atoms with E-state index in [1.807, 2.05) is 0 Å². The number of hydrogen-bond acceptors (Lipinski definition) is 2. The summed E-state index contributed by atoms with van der Waals surface area (Å²) in [4.78, 5) is 13.7. The van der Waals surface area contributed by atoms with Crippen LogP contribution in [0.25, 0.3) is 0 Å². The Balaban J connectivity index is 1.89. The topological polar surface area (TPSA) is 20.3 Å². The molecule has 0 aromatic heterocycles. The van der Waals surface area contributed by atoms with Crippen LogP contribution < -0.4 is 0 Å². The quantitative estimate of drug-likeness (QED) is 0.695. The van der Waals surface area contributed by atoms with Crippen molar-refractivity contribution >= 4 is 18.5 Å². The largest absolute Gasteiger partial charge is 0.342 e. The molecule has 1 aliphatic carbocycles. The van der Waals surface area contributed by atoms with Gasteiger partial charge in [-0.15, -0.1) is 0 Å². The zero-order valence-corrected chi connectivity index (χ0v) is 9.51. The average molecular weight is 213 g/mol. The van der Waals surface area contributed by atoms with E-state index in [0.717, 1.165) is 24.9 Å². The number of nitrogens with zero attached hydrogens (tertiary/aromatic N) is 1. The first-order chi connectivity index (χ1) is 6.81. The van der Waals surface area contributed by atoms with Gasteiger partial charge in [-0.1, -0.05) is 12.8 Å². The second kappa shape index (κ2) is 4.56. The SMILES string of the molecule is O=C(CCS)N1C[C@H]2CCCC[C@H]2C1. The molecule has 1 saturated heterocycles. The molecule has 0 N–H and O–H groups in total. The molecule has 1 amide bonds. The van der Waals surface area contributed by atoms with E-state index >= 15 is 0 Å². The lowest BCUT2D eigenvalue weighted by Crippen LogP contribution is -2.29. The van der Waals surface area contributed by atoms with Gasteiger partial charge in [-0.25, -0.2) is 0 Å². The van der Waals surface area contributed by atoms with Gasteiger partial charge in [0.1, 0.15) is 0 Å². The van der Waals surface area contributed by atoms with Gasteiger partial charge in [0, 0.05) is 19.5 Å². The van der Waals surface area contributed by atoms with Crippen LogP contribution in [-0.4, -0.2) is 29.6 Å². The molecule has 14 heavy (non-hydrogen) atoms. The molecular formula is C11H19NOS. The Labute approximate surface area is 91.5 Å². The van der Waals surface area contributed by atoms with Crippen molar-refractivity contribution in [2.24, 2.45) is 11.8 Å². The zero-order valence-electron chi connectivity index (χ0n) is 8.61. The van der Waals surface area contributed by atoms with Crippen LogP contribution in [0, 0.1) is 11.8 Å². The molecule has 0 bridgehead atoms. The fourth-order valence-electron chi connectivity index (χ4n) is 2.86. The Bertz CT molecular complexity index is 205. The number of fused-ring (bicyclic) bond motifs is 1. The monoisotopic (exact) mass is 213 g/mol. The van der Waals surface area contributed by atoms with Gasteiger partial charge in [0.2, 0.25) is 5.91 Å². The molecule has 2 rings (SSSR count). The highest BCUT2D eigenvalue weighted by molar-refractivity contribution is 7.80. The highest BCUT2D eigenvalue weighted by Crippen LogP contribution is 2.36. The highest BCUT2D eigenvalue weighted by Gasteiger charge is 2.35. The number of amides is 1. The van der Waals surface area contributed by atoms with Gasteiger partial charge in [0.05, 0.1) is 0 Å². The predicted octanol–water partition coefficient (Wildman–Crippen LogP) is 1.95. The third kappa shape index (κ3) is 2.08. The second-order valence-corrected chi connectivity index (χ2v) is 5.02. The normalized spacial score (nSPS) is 31.6. The van der Waals surface area contributed by atoms with E-state index < -0.39 is 0 Å². The Morgan fingerprint density at radius 3 is 2.29 bits per heavy atom. The van der Waals surface area contributed by atoms with E-state index in [0.29, 0.717) is 18.1 Å². The van der Waals surface area contributed by atoms with Gasteiger partial charge < -0.3 is 4.90 Å². The van der Waals surface area contributed by atoms with Gasteiger partial charge >= 0.3 is 0 Å². The summed E-state index contributed by atoms with van der Waals surface area (Å²) in [7, 11) is 0. The van der Waals surface area contributed by atoms with Crippen molar-refractivity contribution in [3.8, 4) is 0 Å². The van der Waals surface area contributed by atoms with Gasteiger partial charge in [0.15, 0.2) is 0 Å². The Morgan fingerprint density at radius 2 is 1.79 bits per heavy atom. The lowest BCUT2D eigenvalue weighted by Gasteiger charge is -2.22. The summed E-state index contributed by atoms with van der Waals surface area (Å²) in [6.45, 7) is 2.05. The van der Waals surface area contributed by atoms with Crippen LogP contribution in [0.3, 0.4) is 0 Å². The molecule has 0 aromatic carbocycles. The van der Waals surface area contributed by atoms with Crippen LogP contribution in [0.2, 0.25) is 0 Å². The molecule has 80 valence electrons. The molecular weight excluding hydrogens is 194 g/mol. The summed E-state index contributed by atoms with van der Waals surface area (Å²) >= 11 is 4.11. The number of rotatable bonds is 2. The molecule has 1 saturated carbocycles. The van der Waals surface area contributed by atoms with Crippen molar-refractivity contribution in [3.63, 3.8) is 0 Å². The first kappa shape index (κ1) is 10.3. The van der Waals surface area contributed by atoms with Crippen molar-refractivity contribution in [2.45, 2.75) is 32.1 Å². The number of carbonyl (C=O) groups excluding carboxylic acids is 1. The molecule has 0 unspecified atom stereocenters. The maximum Gasteiger partial charge on any atom is 0.223 e. The number of likely N-dealkylation sites (tertiary alicyclic amines) is 1. The highest BCUT2D eigenvalue weighted by atomic mass is 32.1. The van der Waals surface area contributed by atoms with Crippen LogP contribution in [0.1, 0.15) is 32.1 Å². The third-order valence-electron chi connectivity index (χ3n) is 3.65. The molecule has 0 spiro atoms. The smallest absolute Gasteiger partial charge is 0.223 e. The van der Waals surface area contributed by atoms with Crippen LogP contribution in [0.4, 0.5) is 0 Å². The minimum atomic E-state index is 0.314. The Hall–Kier alpha value is -0.180. The van der Waals surface area contributed by atoms with Gasteiger partial charge in [-0.05, 0) is 30.4 Å². The maximum absolute atomic E-state index is 11.7. The summed E-state index contributed by atoms with van der Waals surface area (Å²) in [6, 6.07) is 0. The minimum Gasteiger partial charge on any atom is -0.342 e. The molecule has 2 nitrogen and oxygen atoms in total. The van der Waals surface area contributed by atoms with Crippen molar-refractivity contribution in [2.75, 3.05) is 18.8 Å². The third-order valence-corrected chi connectivity index (χ3v) is 3.88. The average Bonchev–Trinajstić information content (AvgIpc) is 2.61. The first-order valence-electron chi connectivity index (χ1n) is 5.70. The van der Waals surface area contributed by atoms with E-state index in [9.17, 15) is 4.79 Å². The summed E-state index contributed by atoms with van der Waals surface area (Å²) in [5, 5.41) is 0. The fourth-order valence-corrected chi connectivity index (χ4v) is 3.05. The molecule has 2 fully saturated rings. The number of hydrogen-bond donors (Lipinski definition) is 1. The van der Waals surface area contributed by atoms with Crippen LogP contribution in [-0.2, 0) is 4.79 Å². The molecule has 3 heteroatoms. The van der Waals surface area contributed by atoms with Gasteiger partial charge in [-0.3, -0.25) is 4.79 Å². The Kier molecular flexibility index (Phi) is 3.37. The number of thiol groups is 1. The van der Waals surface area contributed by atoms with Crippen molar-refractivity contribution in [3.05, 3.63) is 0 Å². The molecule has 0 radical (unpaired) electrons. The van der Waals surface area contributed by atoms with E-state index in [1.54, 1.807) is 0 Å². The maximum atomic E-state index is 11.7. The van der Waals surface area contributed by atoms with Crippen molar-refractivity contribution < 1.29 is 4.79 Å². The predicted molar refractivity (Wildman–Crippen MR) is 60.5 cm³/mol. The van der Waals surface area contributed by atoms with Crippen molar-refractivity contribution in [1.82, 2.24) is 4.90 Å². The number of carbonyl (C=O) groups is 1. The van der Waals surface area contributed by atoms with E-state index in [2.05, 4.69) is 17.5 Å². The van der Waals surface area contributed by atoms with Crippen LogP contribution in [0.15, 0.2) is 0 Å². The fraction of sp³-hybridized carbons (Fsp3) is 0.909. The van der Waals surface area contributed by atoms with E-state index in [4.69, 9.17) is 0 Å². The Morgan fingerprint density at radius 1 is 1.21 bits per heavy atom. The lowest BCUT2D eigenvalue weighted by atomic mass is 9.82.